The summed E-state index contributed by atoms with van der Waals surface area (Å²) in [7, 11) is -0.845. The molecule has 0 aromatic heterocycles. The average molecular weight is 420 g/mol. The van der Waals surface area contributed by atoms with Crippen LogP contribution in [0.25, 0.3) is 0 Å². The highest BCUT2D eigenvalue weighted by Gasteiger charge is 2.23. The van der Waals surface area contributed by atoms with Gasteiger partial charge in [0, 0.05) is 19.8 Å². The van der Waals surface area contributed by atoms with Crippen molar-refractivity contribution in [3.8, 4) is 17.2 Å². The van der Waals surface area contributed by atoms with E-state index in [1.165, 1.54) is 20.2 Å². The lowest BCUT2D eigenvalue weighted by Crippen LogP contribution is -2.23. The fraction of sp³-hybridized carbons (Fsp3) is 0.350. The predicted molar refractivity (Wildman–Crippen MR) is 108 cm³/mol. The van der Waals surface area contributed by atoms with Crippen LogP contribution in [0.3, 0.4) is 0 Å². The van der Waals surface area contributed by atoms with Crippen LogP contribution in [-0.2, 0) is 21.2 Å². The van der Waals surface area contributed by atoms with Crippen LogP contribution < -0.4 is 19.5 Å². The van der Waals surface area contributed by atoms with E-state index in [1.54, 1.807) is 37.3 Å². The van der Waals surface area contributed by atoms with Crippen molar-refractivity contribution in [2.75, 3.05) is 39.2 Å². The van der Waals surface area contributed by atoms with Gasteiger partial charge in [-0.1, -0.05) is 6.07 Å². The number of nitrogens with zero attached hydrogens (tertiary/aromatic N) is 1. The van der Waals surface area contributed by atoms with E-state index < -0.39 is 10.0 Å². The largest absolute Gasteiger partial charge is 0.492 e. The molecule has 0 saturated carbocycles. The highest BCUT2D eigenvalue weighted by Crippen LogP contribution is 2.31. The van der Waals surface area contributed by atoms with Crippen molar-refractivity contribution in [3.05, 3.63) is 42.0 Å². The maximum Gasteiger partial charge on any atom is 0.246 e. The highest BCUT2D eigenvalue weighted by molar-refractivity contribution is 7.89. The second-order valence-corrected chi connectivity index (χ2v) is 8.71. The van der Waals surface area contributed by atoms with Crippen LogP contribution in [0.2, 0.25) is 0 Å². The van der Waals surface area contributed by atoms with Crippen molar-refractivity contribution in [3.63, 3.8) is 0 Å². The number of rotatable bonds is 7. The number of ether oxygens (including phenoxy) is 3. The zero-order valence-electron chi connectivity index (χ0n) is 16.6. The minimum Gasteiger partial charge on any atom is -0.492 e. The van der Waals surface area contributed by atoms with Gasteiger partial charge in [0.15, 0.2) is 11.5 Å². The molecule has 1 heterocycles. The van der Waals surface area contributed by atoms with Gasteiger partial charge >= 0.3 is 0 Å². The zero-order chi connectivity index (χ0) is 21.0. The van der Waals surface area contributed by atoms with Gasteiger partial charge in [-0.05, 0) is 42.8 Å². The first-order valence-electron chi connectivity index (χ1n) is 9.19. The SMILES string of the molecule is CCOc1ccc(NC(=O)Cc2ccc3c(c2)OCCO3)cc1S(=O)(=O)N(C)C. The Morgan fingerprint density at radius 3 is 2.52 bits per heavy atom. The lowest BCUT2D eigenvalue weighted by Gasteiger charge is -2.19. The molecule has 1 aliphatic heterocycles. The molecule has 0 unspecified atom stereocenters. The van der Waals surface area contributed by atoms with E-state index in [9.17, 15) is 13.2 Å². The molecular weight excluding hydrogens is 396 g/mol. The number of sulfonamides is 1. The van der Waals surface area contributed by atoms with Crippen molar-refractivity contribution in [2.24, 2.45) is 0 Å². The number of hydrogen-bond acceptors (Lipinski definition) is 6. The number of carbonyl (C=O) groups excluding carboxylic acids is 1. The second kappa shape index (κ2) is 8.71. The van der Waals surface area contributed by atoms with E-state index in [1.807, 2.05) is 0 Å². The second-order valence-electron chi connectivity index (χ2n) is 6.58. The summed E-state index contributed by atoms with van der Waals surface area (Å²) < 4.78 is 42.8. The Labute approximate surface area is 170 Å². The number of fused-ring (bicyclic) bond motifs is 1. The van der Waals surface area contributed by atoms with Crippen LogP contribution in [0.1, 0.15) is 12.5 Å². The minimum absolute atomic E-state index is 0.00137. The molecule has 156 valence electrons. The monoisotopic (exact) mass is 420 g/mol. The molecular formula is C20H24N2O6S. The summed E-state index contributed by atoms with van der Waals surface area (Å²) in [5.41, 5.74) is 1.13. The zero-order valence-corrected chi connectivity index (χ0v) is 17.4. The third-order valence-corrected chi connectivity index (χ3v) is 6.09. The predicted octanol–water partition coefficient (Wildman–Crippen LogP) is 2.29. The molecule has 2 aromatic rings. The number of hydrogen-bond donors (Lipinski definition) is 1. The van der Waals surface area contributed by atoms with Gasteiger partial charge < -0.3 is 19.5 Å². The maximum atomic E-state index is 12.6. The summed E-state index contributed by atoms with van der Waals surface area (Å²) >= 11 is 0. The Morgan fingerprint density at radius 1 is 1.10 bits per heavy atom. The van der Waals surface area contributed by atoms with Gasteiger partial charge in [0.1, 0.15) is 23.9 Å². The van der Waals surface area contributed by atoms with Crippen LogP contribution in [0.5, 0.6) is 17.2 Å². The molecule has 1 N–H and O–H groups in total. The van der Waals surface area contributed by atoms with Gasteiger partial charge in [0.05, 0.1) is 13.0 Å². The smallest absolute Gasteiger partial charge is 0.246 e. The van der Waals surface area contributed by atoms with Crippen LogP contribution in [0.15, 0.2) is 41.3 Å². The fourth-order valence-electron chi connectivity index (χ4n) is 2.85. The maximum absolute atomic E-state index is 12.6. The molecule has 0 bridgehead atoms. The molecule has 0 radical (unpaired) electrons. The lowest BCUT2D eigenvalue weighted by molar-refractivity contribution is -0.115. The summed E-state index contributed by atoms with van der Waals surface area (Å²) in [6, 6.07) is 9.90. The topological polar surface area (TPSA) is 94.2 Å². The normalized spacial score (nSPS) is 13.2. The quantitative estimate of drug-likeness (QED) is 0.739. The van der Waals surface area contributed by atoms with Crippen molar-refractivity contribution < 1.29 is 27.4 Å². The summed E-state index contributed by atoms with van der Waals surface area (Å²) in [6.07, 6.45) is 0.111. The first-order chi connectivity index (χ1) is 13.8. The van der Waals surface area contributed by atoms with Crippen molar-refractivity contribution in [1.82, 2.24) is 4.31 Å². The molecule has 1 aliphatic rings. The summed E-state index contributed by atoms with van der Waals surface area (Å²) in [5, 5.41) is 2.74. The van der Waals surface area contributed by atoms with E-state index in [0.717, 1.165) is 9.87 Å². The van der Waals surface area contributed by atoms with Gasteiger partial charge in [-0.2, -0.15) is 0 Å². The standard InChI is InChI=1S/C20H24N2O6S/c1-4-26-17-8-6-15(13-19(17)29(24,25)22(2)3)21-20(23)12-14-5-7-16-18(11-14)28-10-9-27-16/h5-8,11,13H,4,9-10,12H2,1-3H3,(H,21,23). The summed E-state index contributed by atoms with van der Waals surface area (Å²) in [4.78, 5) is 12.5. The third kappa shape index (κ3) is 4.80. The molecule has 29 heavy (non-hydrogen) atoms. The van der Waals surface area contributed by atoms with Crippen LogP contribution >= 0.6 is 0 Å². The molecule has 0 fully saturated rings. The summed E-state index contributed by atoms with van der Waals surface area (Å²) in [6.45, 7) is 3.07. The Balaban J connectivity index is 1.78. The fourth-order valence-corrected chi connectivity index (χ4v) is 3.90. The highest BCUT2D eigenvalue weighted by atomic mass is 32.2. The third-order valence-electron chi connectivity index (χ3n) is 4.26. The van der Waals surface area contributed by atoms with Crippen LogP contribution in [0.4, 0.5) is 5.69 Å². The first-order valence-corrected chi connectivity index (χ1v) is 10.6. The minimum atomic E-state index is -3.73. The molecule has 1 amide bonds. The van der Waals surface area contributed by atoms with E-state index in [0.29, 0.717) is 37.0 Å². The van der Waals surface area contributed by atoms with Crippen LogP contribution in [0, 0.1) is 0 Å². The molecule has 0 spiro atoms. The number of carbonyl (C=O) groups is 1. The van der Waals surface area contributed by atoms with E-state index in [-0.39, 0.29) is 23.0 Å². The van der Waals surface area contributed by atoms with Gasteiger partial charge in [0.25, 0.3) is 0 Å². The average Bonchev–Trinajstić information content (AvgIpc) is 2.69. The first kappa shape index (κ1) is 20.9. The van der Waals surface area contributed by atoms with E-state index in [4.69, 9.17) is 14.2 Å². The molecule has 8 nitrogen and oxygen atoms in total. The van der Waals surface area contributed by atoms with E-state index >= 15 is 0 Å². The number of nitrogens with one attached hydrogen (secondary N) is 1. The van der Waals surface area contributed by atoms with Crippen molar-refractivity contribution in [1.29, 1.82) is 0 Å². The molecule has 2 aromatic carbocycles. The van der Waals surface area contributed by atoms with Gasteiger partial charge in [-0.25, -0.2) is 12.7 Å². The summed E-state index contributed by atoms with van der Waals surface area (Å²) in [5.74, 6) is 1.23. The molecule has 0 atom stereocenters. The molecule has 9 heteroatoms. The molecule has 0 aliphatic carbocycles. The van der Waals surface area contributed by atoms with E-state index in [2.05, 4.69) is 5.32 Å². The Kier molecular flexibility index (Phi) is 6.29. The molecule has 3 rings (SSSR count). The van der Waals surface area contributed by atoms with Crippen molar-refractivity contribution in [2.45, 2.75) is 18.2 Å². The number of anilines is 1. The molecule has 0 saturated heterocycles. The van der Waals surface area contributed by atoms with Gasteiger partial charge in [0.2, 0.25) is 15.9 Å². The van der Waals surface area contributed by atoms with Gasteiger partial charge in [-0.15, -0.1) is 0 Å². The Bertz CT molecular complexity index is 1000. The lowest BCUT2D eigenvalue weighted by atomic mass is 10.1. The Morgan fingerprint density at radius 2 is 1.83 bits per heavy atom. The number of amides is 1. The van der Waals surface area contributed by atoms with Crippen molar-refractivity contribution >= 4 is 21.6 Å². The van der Waals surface area contributed by atoms with Crippen LogP contribution in [-0.4, -0.2) is 52.5 Å². The number of benzene rings is 2. The van der Waals surface area contributed by atoms with Gasteiger partial charge in [-0.3, -0.25) is 4.79 Å². The Hall–Kier alpha value is -2.78.